The standard InChI is InChI=1S/C6H5ClFNO2S/c7-12(10,11)4-5-1-6(8)3-9-2-5/h1-3H,4H2. The van der Waals surface area contributed by atoms with Gasteiger partial charge in [0, 0.05) is 16.9 Å². The lowest BCUT2D eigenvalue weighted by atomic mass is 10.3. The quantitative estimate of drug-likeness (QED) is 0.690. The van der Waals surface area contributed by atoms with E-state index in [1.54, 1.807) is 0 Å². The third-order valence-electron chi connectivity index (χ3n) is 1.10. The van der Waals surface area contributed by atoms with Gasteiger partial charge in [0.05, 0.1) is 11.9 Å². The molecular formula is C6H5ClFNO2S. The van der Waals surface area contributed by atoms with E-state index >= 15 is 0 Å². The molecule has 1 aromatic heterocycles. The Morgan fingerprint density at radius 2 is 2.17 bits per heavy atom. The zero-order valence-corrected chi connectivity index (χ0v) is 7.44. The second kappa shape index (κ2) is 3.37. The van der Waals surface area contributed by atoms with Crippen molar-refractivity contribution in [1.29, 1.82) is 0 Å². The molecule has 0 saturated heterocycles. The van der Waals surface area contributed by atoms with E-state index < -0.39 is 20.6 Å². The van der Waals surface area contributed by atoms with Gasteiger partial charge in [-0.25, -0.2) is 12.8 Å². The molecule has 0 bridgehead atoms. The predicted octanol–water partition coefficient (Wildman–Crippen LogP) is 1.29. The molecule has 1 heterocycles. The number of hydrogen-bond acceptors (Lipinski definition) is 3. The Morgan fingerprint density at radius 1 is 1.50 bits per heavy atom. The maximum absolute atomic E-state index is 12.4. The molecule has 12 heavy (non-hydrogen) atoms. The maximum atomic E-state index is 12.4. The van der Waals surface area contributed by atoms with Crippen molar-refractivity contribution < 1.29 is 12.8 Å². The summed E-state index contributed by atoms with van der Waals surface area (Å²) in [5.74, 6) is -0.980. The van der Waals surface area contributed by atoms with Crippen LogP contribution in [0.5, 0.6) is 0 Å². The molecule has 0 atom stereocenters. The molecule has 0 N–H and O–H groups in total. The largest absolute Gasteiger partial charge is 0.261 e. The van der Waals surface area contributed by atoms with Crippen molar-refractivity contribution in [3.8, 4) is 0 Å². The van der Waals surface area contributed by atoms with Gasteiger partial charge in [0.1, 0.15) is 5.82 Å². The average molecular weight is 210 g/mol. The third kappa shape index (κ3) is 3.15. The van der Waals surface area contributed by atoms with Crippen molar-refractivity contribution in [2.24, 2.45) is 0 Å². The van der Waals surface area contributed by atoms with E-state index in [1.807, 2.05) is 0 Å². The second-order valence-electron chi connectivity index (χ2n) is 2.19. The molecule has 0 radical (unpaired) electrons. The van der Waals surface area contributed by atoms with Crippen LogP contribution in [0.25, 0.3) is 0 Å². The minimum Gasteiger partial charge on any atom is -0.261 e. The fraction of sp³-hybridized carbons (Fsp3) is 0.167. The lowest BCUT2D eigenvalue weighted by Gasteiger charge is -1.95. The van der Waals surface area contributed by atoms with Crippen molar-refractivity contribution in [1.82, 2.24) is 4.98 Å². The summed E-state index contributed by atoms with van der Waals surface area (Å²) in [4.78, 5) is 3.47. The van der Waals surface area contributed by atoms with Crippen LogP contribution in [0.2, 0.25) is 0 Å². The van der Waals surface area contributed by atoms with Gasteiger partial charge in [-0.05, 0) is 11.6 Å². The lowest BCUT2D eigenvalue weighted by Crippen LogP contribution is -1.96. The summed E-state index contributed by atoms with van der Waals surface area (Å²) in [6.07, 6.45) is 2.24. The first kappa shape index (κ1) is 9.41. The van der Waals surface area contributed by atoms with Gasteiger partial charge in [-0.15, -0.1) is 0 Å². The molecule has 0 saturated carbocycles. The summed E-state index contributed by atoms with van der Waals surface area (Å²) in [7, 11) is 1.31. The van der Waals surface area contributed by atoms with Gasteiger partial charge in [-0.2, -0.15) is 0 Å². The SMILES string of the molecule is O=S(=O)(Cl)Cc1cncc(F)c1. The van der Waals surface area contributed by atoms with Crippen molar-refractivity contribution in [2.75, 3.05) is 0 Å². The van der Waals surface area contributed by atoms with E-state index in [0.717, 1.165) is 12.3 Å². The van der Waals surface area contributed by atoms with Gasteiger partial charge in [0.25, 0.3) is 0 Å². The van der Waals surface area contributed by atoms with Gasteiger partial charge in [-0.1, -0.05) is 0 Å². The van der Waals surface area contributed by atoms with E-state index in [0.29, 0.717) is 0 Å². The third-order valence-corrected chi connectivity index (χ3v) is 2.11. The van der Waals surface area contributed by atoms with Crippen molar-refractivity contribution >= 4 is 19.7 Å². The first-order chi connectivity index (χ1) is 5.47. The summed E-state index contributed by atoms with van der Waals surface area (Å²) < 4.78 is 33.5. The highest BCUT2D eigenvalue weighted by molar-refractivity contribution is 8.13. The van der Waals surface area contributed by atoms with Gasteiger partial charge in [0.15, 0.2) is 0 Å². The number of pyridine rings is 1. The molecule has 0 aliphatic carbocycles. The molecule has 0 aromatic carbocycles. The number of aromatic nitrogens is 1. The highest BCUT2D eigenvalue weighted by Crippen LogP contribution is 2.09. The van der Waals surface area contributed by atoms with Gasteiger partial charge >= 0.3 is 0 Å². The van der Waals surface area contributed by atoms with Crippen LogP contribution in [0.1, 0.15) is 5.56 Å². The Morgan fingerprint density at radius 3 is 2.67 bits per heavy atom. The summed E-state index contributed by atoms with van der Waals surface area (Å²) >= 11 is 0. The number of halogens is 2. The van der Waals surface area contributed by atoms with E-state index in [2.05, 4.69) is 4.98 Å². The van der Waals surface area contributed by atoms with Crippen LogP contribution in [0.15, 0.2) is 18.5 Å². The van der Waals surface area contributed by atoms with Crippen molar-refractivity contribution in [2.45, 2.75) is 5.75 Å². The zero-order chi connectivity index (χ0) is 9.19. The fourth-order valence-corrected chi connectivity index (χ4v) is 1.67. The van der Waals surface area contributed by atoms with Crippen LogP contribution in [0, 0.1) is 5.82 Å². The highest BCUT2D eigenvalue weighted by atomic mass is 35.7. The monoisotopic (exact) mass is 209 g/mol. The summed E-state index contributed by atoms with van der Waals surface area (Å²) in [6.45, 7) is 0. The van der Waals surface area contributed by atoms with E-state index in [1.165, 1.54) is 6.20 Å². The summed E-state index contributed by atoms with van der Waals surface area (Å²) in [5, 5.41) is 0. The average Bonchev–Trinajstić information content (AvgIpc) is 1.82. The van der Waals surface area contributed by atoms with Crippen LogP contribution in [-0.2, 0) is 14.8 Å². The topological polar surface area (TPSA) is 47.0 Å². The second-order valence-corrected chi connectivity index (χ2v) is 4.97. The van der Waals surface area contributed by atoms with Crippen LogP contribution in [0.4, 0.5) is 4.39 Å². The smallest absolute Gasteiger partial charge is 0.236 e. The van der Waals surface area contributed by atoms with Gasteiger partial charge in [-0.3, -0.25) is 4.98 Å². The minimum absolute atomic E-state index is 0.241. The lowest BCUT2D eigenvalue weighted by molar-refractivity contribution is 0.607. The van der Waals surface area contributed by atoms with E-state index in [4.69, 9.17) is 10.7 Å². The molecular weight excluding hydrogens is 205 g/mol. The van der Waals surface area contributed by atoms with E-state index in [9.17, 15) is 12.8 Å². The zero-order valence-electron chi connectivity index (χ0n) is 5.87. The number of nitrogens with zero attached hydrogens (tertiary/aromatic N) is 1. The summed E-state index contributed by atoms with van der Waals surface area (Å²) in [6, 6.07) is 1.08. The maximum Gasteiger partial charge on any atom is 0.236 e. The predicted molar refractivity (Wildman–Crippen MR) is 42.7 cm³/mol. The molecule has 0 amide bonds. The molecule has 0 aliphatic rings. The Labute approximate surface area is 73.6 Å². The Bertz CT molecular complexity index is 379. The van der Waals surface area contributed by atoms with Crippen LogP contribution in [-0.4, -0.2) is 13.4 Å². The normalized spacial score (nSPS) is 11.5. The van der Waals surface area contributed by atoms with Crippen LogP contribution in [0.3, 0.4) is 0 Å². The fourth-order valence-electron chi connectivity index (χ4n) is 0.734. The van der Waals surface area contributed by atoms with Gasteiger partial charge < -0.3 is 0 Å². The first-order valence-corrected chi connectivity index (χ1v) is 5.47. The van der Waals surface area contributed by atoms with Crippen molar-refractivity contribution in [3.63, 3.8) is 0 Å². The molecule has 3 nitrogen and oxygen atoms in total. The number of rotatable bonds is 2. The number of hydrogen-bond donors (Lipinski definition) is 0. The molecule has 6 heteroatoms. The first-order valence-electron chi connectivity index (χ1n) is 2.99. The molecule has 0 spiro atoms. The summed E-state index contributed by atoms with van der Waals surface area (Å²) in [5.41, 5.74) is 0.241. The molecule has 66 valence electrons. The van der Waals surface area contributed by atoms with Crippen LogP contribution < -0.4 is 0 Å². The molecule has 1 aromatic rings. The minimum atomic E-state index is -3.63. The molecule has 0 unspecified atom stereocenters. The Hall–Kier alpha value is -0.680. The molecule has 1 rings (SSSR count). The Balaban J connectivity index is 2.91. The highest BCUT2D eigenvalue weighted by Gasteiger charge is 2.07. The van der Waals surface area contributed by atoms with Gasteiger partial charge in [0.2, 0.25) is 9.05 Å². The molecule has 0 fully saturated rings. The van der Waals surface area contributed by atoms with Crippen LogP contribution >= 0.6 is 10.7 Å². The molecule has 0 aliphatic heterocycles. The van der Waals surface area contributed by atoms with E-state index in [-0.39, 0.29) is 5.56 Å². The van der Waals surface area contributed by atoms with Crippen molar-refractivity contribution in [3.05, 3.63) is 29.8 Å². The Kier molecular flexibility index (Phi) is 2.64.